The minimum atomic E-state index is 1.10. The molecule has 0 N–H and O–H groups in total. The summed E-state index contributed by atoms with van der Waals surface area (Å²) >= 11 is 3.57. The normalized spacial score (nSPS) is 10.1. The highest BCUT2D eigenvalue weighted by atomic mass is 32.1. The van der Waals surface area contributed by atoms with E-state index in [1.165, 1.54) is 20.0 Å². The first-order valence-corrected chi connectivity index (χ1v) is 9.46. The summed E-state index contributed by atoms with van der Waals surface area (Å²) in [6, 6.07) is 10.7. The van der Waals surface area contributed by atoms with Crippen molar-refractivity contribution in [1.82, 2.24) is 4.98 Å². The van der Waals surface area contributed by atoms with Crippen molar-refractivity contribution in [3.63, 3.8) is 0 Å². The third-order valence-electron chi connectivity index (χ3n) is 2.72. The zero-order chi connectivity index (χ0) is 16.5. The van der Waals surface area contributed by atoms with Crippen LogP contribution in [0.25, 0.3) is 22.4 Å². The van der Waals surface area contributed by atoms with Crippen molar-refractivity contribution >= 4 is 45.0 Å². The molecule has 0 saturated carbocycles. The molecule has 0 bridgehead atoms. The number of hydrogen-bond donors (Lipinski definition) is 0. The molecule has 0 radical (unpaired) electrons. The summed E-state index contributed by atoms with van der Waals surface area (Å²) in [5, 5.41) is 1.13. The number of benzene rings is 1. The quantitative estimate of drug-likeness (QED) is 0.484. The molecule has 22 heavy (non-hydrogen) atoms. The fraction of sp³-hybridized carbons (Fsp3) is 0.316. The molecule has 0 fully saturated rings. The van der Waals surface area contributed by atoms with Gasteiger partial charge >= 0.3 is 0 Å². The van der Waals surface area contributed by atoms with Crippen LogP contribution in [0.4, 0.5) is 0 Å². The largest absolute Gasteiger partial charge is 0.242 e. The molecule has 3 aromatic rings. The first-order chi connectivity index (χ1) is 10.7. The van der Waals surface area contributed by atoms with Gasteiger partial charge in [0.15, 0.2) is 0 Å². The van der Waals surface area contributed by atoms with Crippen LogP contribution in [0.15, 0.2) is 30.3 Å². The number of fused-ring (bicyclic) bond motifs is 1. The second-order valence-corrected chi connectivity index (χ2v) is 6.80. The Bertz CT molecular complexity index is 720. The SMILES string of the molecule is CC.CC.Cc1ccc(/C=C/c2ccc3nc(C)sc3c2)s1. The van der Waals surface area contributed by atoms with Gasteiger partial charge in [0.05, 0.1) is 15.2 Å². The van der Waals surface area contributed by atoms with Crippen LogP contribution in [-0.2, 0) is 0 Å². The van der Waals surface area contributed by atoms with Crippen LogP contribution >= 0.6 is 22.7 Å². The molecule has 0 aliphatic rings. The van der Waals surface area contributed by atoms with Gasteiger partial charge in [-0.1, -0.05) is 39.8 Å². The Morgan fingerprint density at radius 1 is 0.864 bits per heavy atom. The van der Waals surface area contributed by atoms with Gasteiger partial charge in [0.25, 0.3) is 0 Å². The van der Waals surface area contributed by atoms with Crippen molar-refractivity contribution in [2.45, 2.75) is 41.5 Å². The van der Waals surface area contributed by atoms with E-state index in [2.05, 4.69) is 61.3 Å². The Hall–Kier alpha value is -1.45. The van der Waals surface area contributed by atoms with Gasteiger partial charge in [-0.2, -0.15) is 0 Å². The first-order valence-electron chi connectivity index (χ1n) is 7.82. The van der Waals surface area contributed by atoms with Gasteiger partial charge in [0.1, 0.15) is 0 Å². The molecule has 0 unspecified atom stereocenters. The topological polar surface area (TPSA) is 12.9 Å². The average Bonchev–Trinajstić information content (AvgIpc) is 3.13. The highest BCUT2D eigenvalue weighted by molar-refractivity contribution is 7.18. The van der Waals surface area contributed by atoms with E-state index in [0.717, 1.165) is 10.5 Å². The molecule has 1 nitrogen and oxygen atoms in total. The maximum absolute atomic E-state index is 4.47. The van der Waals surface area contributed by atoms with Crippen LogP contribution in [0.5, 0.6) is 0 Å². The van der Waals surface area contributed by atoms with E-state index < -0.39 is 0 Å². The van der Waals surface area contributed by atoms with Crippen LogP contribution in [0.2, 0.25) is 0 Å². The molecule has 0 aliphatic carbocycles. The fourth-order valence-electron chi connectivity index (χ4n) is 1.88. The summed E-state index contributed by atoms with van der Waals surface area (Å²) in [5.74, 6) is 0. The summed E-state index contributed by atoms with van der Waals surface area (Å²) < 4.78 is 1.26. The number of nitrogens with zero attached hydrogens (tertiary/aromatic N) is 1. The number of thiazole rings is 1. The van der Waals surface area contributed by atoms with Crippen LogP contribution in [-0.4, -0.2) is 4.98 Å². The lowest BCUT2D eigenvalue weighted by molar-refractivity contribution is 1.35. The monoisotopic (exact) mass is 331 g/mol. The van der Waals surface area contributed by atoms with E-state index in [1.807, 2.05) is 39.0 Å². The van der Waals surface area contributed by atoms with Gasteiger partial charge in [-0.15, -0.1) is 22.7 Å². The zero-order valence-corrected chi connectivity index (χ0v) is 15.9. The molecular weight excluding hydrogens is 306 g/mol. The van der Waals surface area contributed by atoms with E-state index in [0.29, 0.717) is 0 Å². The summed E-state index contributed by atoms with van der Waals surface area (Å²) in [7, 11) is 0. The summed E-state index contributed by atoms with van der Waals surface area (Å²) in [6.07, 6.45) is 4.34. The average molecular weight is 332 g/mol. The highest BCUT2D eigenvalue weighted by Crippen LogP contribution is 2.24. The molecule has 118 valence electrons. The minimum absolute atomic E-state index is 1.10. The van der Waals surface area contributed by atoms with Crippen LogP contribution in [0, 0.1) is 13.8 Å². The van der Waals surface area contributed by atoms with Crippen molar-refractivity contribution in [3.05, 3.63) is 50.7 Å². The molecule has 0 saturated heterocycles. The second kappa shape index (κ2) is 9.54. The third kappa shape index (κ3) is 5.08. The van der Waals surface area contributed by atoms with Crippen molar-refractivity contribution in [2.24, 2.45) is 0 Å². The van der Waals surface area contributed by atoms with Gasteiger partial charge in [-0.25, -0.2) is 4.98 Å². The van der Waals surface area contributed by atoms with Gasteiger partial charge < -0.3 is 0 Å². The third-order valence-corrected chi connectivity index (χ3v) is 4.62. The summed E-state index contributed by atoms with van der Waals surface area (Å²) in [5.41, 5.74) is 2.33. The van der Waals surface area contributed by atoms with Crippen LogP contribution in [0.1, 0.15) is 48.0 Å². The molecule has 3 rings (SSSR count). The van der Waals surface area contributed by atoms with E-state index in [1.54, 1.807) is 11.3 Å². The number of aromatic nitrogens is 1. The molecule has 2 aromatic heterocycles. The molecule has 0 amide bonds. The summed E-state index contributed by atoms with van der Waals surface area (Å²) in [4.78, 5) is 7.12. The lowest BCUT2D eigenvalue weighted by atomic mass is 10.2. The van der Waals surface area contributed by atoms with Gasteiger partial charge in [-0.05, 0) is 49.8 Å². The van der Waals surface area contributed by atoms with Crippen LogP contribution in [0.3, 0.4) is 0 Å². The Kier molecular flexibility index (Phi) is 8.07. The predicted octanol–water partition coefficient (Wildman–Crippen LogP) is 7.20. The Labute approximate surface area is 142 Å². The Balaban J connectivity index is 0.000000561. The molecule has 0 atom stereocenters. The number of hydrogen-bond acceptors (Lipinski definition) is 3. The van der Waals surface area contributed by atoms with E-state index in [4.69, 9.17) is 0 Å². The van der Waals surface area contributed by atoms with Crippen molar-refractivity contribution in [1.29, 1.82) is 0 Å². The summed E-state index contributed by atoms with van der Waals surface area (Å²) in [6.45, 7) is 12.2. The molecular formula is C19H25NS2. The molecule has 2 heterocycles. The highest BCUT2D eigenvalue weighted by Gasteiger charge is 2.00. The van der Waals surface area contributed by atoms with Crippen LogP contribution < -0.4 is 0 Å². The molecule has 3 heteroatoms. The van der Waals surface area contributed by atoms with Gasteiger partial charge in [0.2, 0.25) is 0 Å². The van der Waals surface area contributed by atoms with E-state index in [9.17, 15) is 0 Å². The maximum atomic E-state index is 4.47. The molecule has 0 spiro atoms. The predicted molar refractivity (Wildman–Crippen MR) is 105 cm³/mol. The number of aryl methyl sites for hydroxylation is 2. The first kappa shape index (κ1) is 18.6. The Morgan fingerprint density at radius 3 is 2.23 bits per heavy atom. The van der Waals surface area contributed by atoms with E-state index in [-0.39, 0.29) is 0 Å². The smallest absolute Gasteiger partial charge is 0.0907 e. The zero-order valence-electron chi connectivity index (χ0n) is 14.3. The molecule has 0 aliphatic heterocycles. The minimum Gasteiger partial charge on any atom is -0.242 e. The van der Waals surface area contributed by atoms with Crippen molar-refractivity contribution in [2.75, 3.05) is 0 Å². The van der Waals surface area contributed by atoms with Gasteiger partial charge in [0, 0.05) is 9.75 Å². The van der Waals surface area contributed by atoms with Crippen molar-refractivity contribution in [3.8, 4) is 0 Å². The molecule has 1 aromatic carbocycles. The lowest BCUT2D eigenvalue weighted by Crippen LogP contribution is -1.72. The standard InChI is InChI=1S/C15H13NS2.2C2H6/c1-10-3-6-13(17-10)7-4-12-5-8-14-15(9-12)18-11(2)16-14;2*1-2/h3-9H,1-2H3;2*1-2H3/b7-4+;;. The number of thiophene rings is 1. The lowest BCUT2D eigenvalue weighted by Gasteiger charge is -1.92. The van der Waals surface area contributed by atoms with E-state index >= 15 is 0 Å². The maximum Gasteiger partial charge on any atom is 0.0907 e. The van der Waals surface area contributed by atoms with Gasteiger partial charge in [-0.3, -0.25) is 0 Å². The number of rotatable bonds is 2. The van der Waals surface area contributed by atoms with Crippen molar-refractivity contribution < 1.29 is 0 Å². The fourth-order valence-corrected chi connectivity index (χ4v) is 3.54. The second-order valence-electron chi connectivity index (χ2n) is 4.24. The Morgan fingerprint density at radius 2 is 1.59 bits per heavy atom.